The van der Waals surface area contributed by atoms with Crippen LogP contribution in [0, 0.1) is 0 Å². The van der Waals surface area contributed by atoms with Crippen molar-refractivity contribution in [2.75, 3.05) is 0 Å². The molecular formula is C11H13NOSe. The van der Waals surface area contributed by atoms with Gasteiger partial charge < -0.3 is 0 Å². The maximum atomic E-state index is 11.0. The van der Waals surface area contributed by atoms with E-state index in [1.807, 2.05) is 6.07 Å². The summed E-state index contributed by atoms with van der Waals surface area (Å²) in [5.74, 6) is 0.221. The van der Waals surface area contributed by atoms with Crippen LogP contribution >= 0.6 is 0 Å². The van der Waals surface area contributed by atoms with Crippen molar-refractivity contribution < 1.29 is 4.79 Å². The first-order chi connectivity index (χ1) is 6.84. The molecule has 2 nitrogen and oxygen atoms in total. The topological polar surface area (TPSA) is 29.1 Å². The number of carbonyl (C=O) groups is 1. The van der Waals surface area contributed by atoms with Gasteiger partial charge in [0.25, 0.3) is 0 Å². The van der Waals surface area contributed by atoms with Crippen molar-refractivity contribution in [2.45, 2.75) is 24.2 Å². The fourth-order valence-corrected chi connectivity index (χ4v) is 3.60. The van der Waals surface area contributed by atoms with Crippen LogP contribution in [-0.4, -0.2) is 26.9 Å². The molecule has 0 spiro atoms. The van der Waals surface area contributed by atoms with Gasteiger partial charge in [0.05, 0.1) is 0 Å². The Morgan fingerprint density at radius 2 is 2.14 bits per heavy atom. The molecule has 1 fully saturated rings. The van der Waals surface area contributed by atoms with Crippen LogP contribution in [0.25, 0.3) is 0 Å². The van der Waals surface area contributed by atoms with Gasteiger partial charge in [-0.3, -0.25) is 0 Å². The number of nitrogens with one attached hydrogen (secondary N) is 1. The van der Waals surface area contributed by atoms with Gasteiger partial charge in [0.15, 0.2) is 0 Å². The summed E-state index contributed by atoms with van der Waals surface area (Å²) < 4.78 is 1.42. The Labute approximate surface area is 90.2 Å². The molecule has 1 atom stereocenters. The zero-order chi connectivity index (χ0) is 9.80. The van der Waals surface area contributed by atoms with Crippen molar-refractivity contribution in [3.8, 4) is 0 Å². The molecule has 74 valence electrons. The second-order valence-corrected chi connectivity index (χ2v) is 5.72. The molecule has 14 heavy (non-hydrogen) atoms. The molecule has 1 aromatic carbocycles. The predicted octanol–water partition coefficient (Wildman–Crippen LogP) is 0.713. The Morgan fingerprint density at radius 1 is 1.36 bits per heavy atom. The minimum atomic E-state index is 0.221. The Bertz CT molecular complexity index is 312. The summed E-state index contributed by atoms with van der Waals surface area (Å²) in [7, 11) is 0. The number of hydrogen-bond donors (Lipinski definition) is 1. The van der Waals surface area contributed by atoms with E-state index in [0.29, 0.717) is 21.0 Å². The molecule has 1 saturated heterocycles. The van der Waals surface area contributed by atoms with Crippen LogP contribution in [0.3, 0.4) is 0 Å². The molecule has 1 aliphatic rings. The fraction of sp³-hybridized carbons (Fsp3) is 0.364. The fourth-order valence-electron chi connectivity index (χ4n) is 1.52. The monoisotopic (exact) mass is 255 g/mol. The average Bonchev–Trinajstić information content (AvgIpc) is 2.63. The predicted molar refractivity (Wildman–Crippen MR) is 57.8 cm³/mol. The van der Waals surface area contributed by atoms with Crippen LogP contribution in [0.1, 0.15) is 12.8 Å². The summed E-state index contributed by atoms with van der Waals surface area (Å²) in [6, 6.07) is 10.9. The van der Waals surface area contributed by atoms with Gasteiger partial charge in [-0.25, -0.2) is 0 Å². The van der Waals surface area contributed by atoms with Crippen LogP contribution in [0.2, 0.25) is 5.32 Å². The molecule has 0 unspecified atom stereocenters. The molecule has 0 bridgehead atoms. The third-order valence-corrected chi connectivity index (χ3v) is 4.74. The summed E-state index contributed by atoms with van der Waals surface area (Å²) in [5.41, 5.74) is 0. The van der Waals surface area contributed by atoms with Crippen molar-refractivity contribution >= 4 is 25.3 Å². The Kier molecular flexibility index (Phi) is 3.22. The number of amides is 1. The van der Waals surface area contributed by atoms with Crippen molar-refractivity contribution in [1.82, 2.24) is 5.32 Å². The summed E-state index contributed by atoms with van der Waals surface area (Å²) in [5, 5.41) is 4.13. The van der Waals surface area contributed by atoms with E-state index in [9.17, 15) is 4.79 Å². The normalized spacial score (nSPS) is 20.9. The van der Waals surface area contributed by atoms with Crippen LogP contribution in [0.15, 0.2) is 30.3 Å². The SMILES string of the molecule is O=C1CC[C@@H](C[Se]c2ccccc2)N1. The van der Waals surface area contributed by atoms with E-state index < -0.39 is 0 Å². The molecule has 1 N–H and O–H groups in total. The zero-order valence-corrected chi connectivity index (χ0v) is 9.61. The summed E-state index contributed by atoms with van der Waals surface area (Å²) in [6.45, 7) is 0. The minimum absolute atomic E-state index is 0.221. The molecule has 0 aliphatic carbocycles. The van der Waals surface area contributed by atoms with Gasteiger partial charge in [-0.15, -0.1) is 0 Å². The van der Waals surface area contributed by atoms with E-state index in [4.69, 9.17) is 0 Å². The molecule has 1 aromatic rings. The van der Waals surface area contributed by atoms with Gasteiger partial charge in [-0.05, 0) is 0 Å². The van der Waals surface area contributed by atoms with E-state index in [-0.39, 0.29) is 5.91 Å². The van der Waals surface area contributed by atoms with Crippen LogP contribution in [0.5, 0.6) is 0 Å². The van der Waals surface area contributed by atoms with E-state index in [0.717, 1.165) is 18.2 Å². The van der Waals surface area contributed by atoms with Crippen molar-refractivity contribution in [1.29, 1.82) is 0 Å². The molecule has 0 radical (unpaired) electrons. The van der Waals surface area contributed by atoms with E-state index >= 15 is 0 Å². The van der Waals surface area contributed by atoms with Crippen molar-refractivity contribution in [2.24, 2.45) is 0 Å². The van der Waals surface area contributed by atoms with Crippen molar-refractivity contribution in [3.63, 3.8) is 0 Å². The van der Waals surface area contributed by atoms with Crippen LogP contribution in [0.4, 0.5) is 0 Å². The molecule has 2 rings (SSSR count). The second-order valence-electron chi connectivity index (χ2n) is 3.43. The Hall–Kier alpha value is -0.791. The first-order valence-electron chi connectivity index (χ1n) is 4.82. The van der Waals surface area contributed by atoms with Gasteiger partial charge in [-0.1, -0.05) is 0 Å². The summed E-state index contributed by atoms with van der Waals surface area (Å²) in [4.78, 5) is 11.0. The molecule has 1 amide bonds. The molecule has 1 aliphatic heterocycles. The molecule has 3 heteroatoms. The number of benzene rings is 1. The third kappa shape index (κ3) is 2.60. The maximum absolute atomic E-state index is 11.0. The quantitative estimate of drug-likeness (QED) is 0.791. The van der Waals surface area contributed by atoms with Gasteiger partial charge in [0.1, 0.15) is 0 Å². The third-order valence-electron chi connectivity index (χ3n) is 2.28. The van der Waals surface area contributed by atoms with E-state index in [1.165, 1.54) is 4.46 Å². The first-order valence-corrected chi connectivity index (χ1v) is 6.88. The van der Waals surface area contributed by atoms with Gasteiger partial charge in [0.2, 0.25) is 0 Å². The van der Waals surface area contributed by atoms with Crippen LogP contribution in [-0.2, 0) is 4.79 Å². The van der Waals surface area contributed by atoms with Gasteiger partial charge in [0, 0.05) is 0 Å². The van der Waals surface area contributed by atoms with Crippen LogP contribution < -0.4 is 9.78 Å². The standard InChI is InChI=1S/C11H13NOSe/c13-11-7-6-9(12-11)8-14-10-4-2-1-3-5-10/h1-5,9H,6-8H2,(H,12,13)/t9-/m0/s1. The van der Waals surface area contributed by atoms with Gasteiger partial charge in [-0.2, -0.15) is 0 Å². The number of hydrogen-bond acceptors (Lipinski definition) is 1. The molecule has 1 heterocycles. The number of carbonyl (C=O) groups excluding carboxylic acids is 1. The molecular weight excluding hydrogens is 241 g/mol. The van der Waals surface area contributed by atoms with Crippen molar-refractivity contribution in [3.05, 3.63) is 30.3 Å². The average molecular weight is 254 g/mol. The molecule has 0 saturated carbocycles. The summed E-state index contributed by atoms with van der Waals surface area (Å²) in [6.07, 6.45) is 1.74. The van der Waals surface area contributed by atoms with Gasteiger partial charge >= 0.3 is 90.0 Å². The first kappa shape index (κ1) is 9.75. The Morgan fingerprint density at radius 3 is 2.79 bits per heavy atom. The second kappa shape index (κ2) is 4.63. The summed E-state index contributed by atoms with van der Waals surface area (Å²) >= 11 is 0.504. The number of rotatable bonds is 3. The zero-order valence-electron chi connectivity index (χ0n) is 7.90. The van der Waals surface area contributed by atoms with E-state index in [2.05, 4.69) is 29.6 Å². The molecule has 0 aromatic heterocycles. The Balaban J connectivity index is 1.80. The van der Waals surface area contributed by atoms with E-state index in [1.54, 1.807) is 0 Å².